The molecule has 2 aromatic heterocycles. The van der Waals surface area contributed by atoms with E-state index in [0.29, 0.717) is 47.9 Å². The van der Waals surface area contributed by atoms with Crippen molar-refractivity contribution in [1.82, 2.24) is 14.6 Å². The number of rotatable bonds is 7. The second kappa shape index (κ2) is 8.85. The first-order valence-electron chi connectivity index (χ1n) is 9.03. The Morgan fingerprint density at radius 2 is 2.26 bits per heavy atom. The molecule has 148 valence electrons. The van der Waals surface area contributed by atoms with Gasteiger partial charge in [-0.3, -0.25) is 4.90 Å². The average molecular weight is 442 g/mol. The number of anilines is 2. The van der Waals surface area contributed by atoms with E-state index in [1.54, 1.807) is 12.3 Å². The van der Waals surface area contributed by atoms with Crippen LogP contribution in [0, 0.1) is 5.92 Å². The summed E-state index contributed by atoms with van der Waals surface area (Å²) in [5.74, 6) is 1.15. The average Bonchev–Trinajstić information content (AvgIpc) is 3.05. The second-order valence-electron chi connectivity index (χ2n) is 6.61. The topological polar surface area (TPSA) is 112 Å². The van der Waals surface area contributed by atoms with Gasteiger partial charge < -0.3 is 20.3 Å². The molecule has 0 radical (unpaired) electrons. The third-order valence-corrected chi connectivity index (χ3v) is 5.32. The molecule has 0 saturated carbocycles. The lowest BCUT2D eigenvalue weighted by molar-refractivity contribution is 0.0680. The molecule has 1 saturated heterocycles. The van der Waals surface area contributed by atoms with Crippen LogP contribution in [0.15, 0.2) is 16.7 Å². The van der Waals surface area contributed by atoms with Crippen LogP contribution in [0.25, 0.3) is 5.65 Å². The minimum absolute atomic E-state index is 0.0379. The van der Waals surface area contributed by atoms with E-state index in [0.717, 1.165) is 12.8 Å². The van der Waals surface area contributed by atoms with Gasteiger partial charge in [-0.15, -0.1) is 0 Å². The summed E-state index contributed by atoms with van der Waals surface area (Å²) in [6, 6.07) is 1.50. The molecular weight excluding hydrogens is 418 g/mol. The lowest BCUT2D eigenvalue weighted by atomic mass is 10.00. The first-order chi connectivity index (χ1) is 13.0. The maximum Gasteiger partial charge on any atom is 0.413 e. The molecule has 1 amide bonds. The van der Waals surface area contributed by atoms with Crippen LogP contribution >= 0.6 is 15.9 Å². The van der Waals surface area contributed by atoms with Gasteiger partial charge in [-0.25, -0.2) is 9.78 Å². The van der Waals surface area contributed by atoms with Crippen LogP contribution in [0.4, 0.5) is 16.4 Å². The van der Waals surface area contributed by atoms with Crippen LogP contribution in [0.1, 0.15) is 26.2 Å². The van der Waals surface area contributed by atoms with E-state index in [1.165, 1.54) is 9.42 Å². The van der Waals surface area contributed by atoms with Gasteiger partial charge in [0, 0.05) is 25.8 Å². The molecule has 10 heteroatoms. The molecule has 1 atom stereocenters. The number of ether oxygens (including phenoxy) is 1. The van der Waals surface area contributed by atoms with Crippen LogP contribution in [0.2, 0.25) is 0 Å². The first kappa shape index (κ1) is 19.8. The molecule has 0 bridgehead atoms. The van der Waals surface area contributed by atoms with Crippen LogP contribution in [-0.2, 0) is 4.74 Å². The SMILES string of the molecule is CCC(CO)Nc1cc(N(CC2CCOCC2)C(=O)O)n2ncc(Br)c2n1. The summed E-state index contributed by atoms with van der Waals surface area (Å²) in [6.45, 7) is 3.59. The molecule has 3 N–H and O–H groups in total. The van der Waals surface area contributed by atoms with Gasteiger partial charge in [0.15, 0.2) is 5.65 Å². The standard InChI is InChI=1S/C17H24BrN5O4/c1-2-12(10-24)20-14-7-15(23-16(21-14)13(18)8-19-23)22(17(25)26)9-11-3-5-27-6-4-11/h7-8,11-12,24H,2-6,9-10H2,1H3,(H,20,21)(H,25,26). The Labute approximate surface area is 165 Å². The Morgan fingerprint density at radius 3 is 2.89 bits per heavy atom. The summed E-state index contributed by atoms with van der Waals surface area (Å²) in [7, 11) is 0. The van der Waals surface area contributed by atoms with Crippen LogP contribution < -0.4 is 10.2 Å². The molecular formula is C17H24BrN5O4. The van der Waals surface area contributed by atoms with Crippen molar-refractivity contribution in [2.24, 2.45) is 5.92 Å². The van der Waals surface area contributed by atoms with Crippen molar-refractivity contribution in [2.75, 3.05) is 36.6 Å². The number of halogens is 1. The minimum Gasteiger partial charge on any atom is -0.465 e. The molecule has 27 heavy (non-hydrogen) atoms. The third-order valence-electron chi connectivity index (χ3n) is 4.76. The monoisotopic (exact) mass is 441 g/mol. The van der Waals surface area contributed by atoms with E-state index in [4.69, 9.17) is 4.74 Å². The molecule has 9 nitrogen and oxygen atoms in total. The molecule has 1 fully saturated rings. The van der Waals surface area contributed by atoms with Gasteiger partial charge in [-0.05, 0) is 41.1 Å². The molecule has 3 heterocycles. The van der Waals surface area contributed by atoms with E-state index in [9.17, 15) is 15.0 Å². The number of nitrogens with zero attached hydrogens (tertiary/aromatic N) is 4. The maximum atomic E-state index is 12.0. The molecule has 1 aliphatic heterocycles. The Morgan fingerprint density at radius 1 is 1.52 bits per heavy atom. The van der Waals surface area contributed by atoms with Crippen molar-refractivity contribution in [1.29, 1.82) is 0 Å². The molecule has 0 spiro atoms. The van der Waals surface area contributed by atoms with Gasteiger partial charge >= 0.3 is 6.09 Å². The highest BCUT2D eigenvalue weighted by Crippen LogP contribution is 2.27. The van der Waals surface area contributed by atoms with Crippen molar-refractivity contribution in [2.45, 2.75) is 32.2 Å². The van der Waals surface area contributed by atoms with Gasteiger partial charge in [0.25, 0.3) is 0 Å². The third kappa shape index (κ3) is 4.50. The van der Waals surface area contributed by atoms with E-state index in [2.05, 4.69) is 31.3 Å². The Hall–Kier alpha value is -1.91. The number of carbonyl (C=O) groups is 1. The van der Waals surface area contributed by atoms with Crippen molar-refractivity contribution < 1.29 is 19.7 Å². The summed E-state index contributed by atoms with van der Waals surface area (Å²) in [5, 5.41) is 26.8. The predicted molar refractivity (Wildman–Crippen MR) is 104 cm³/mol. The zero-order valence-electron chi connectivity index (χ0n) is 15.1. The number of nitrogens with one attached hydrogen (secondary N) is 1. The fourth-order valence-corrected chi connectivity index (χ4v) is 3.48. The number of aliphatic hydroxyl groups is 1. The van der Waals surface area contributed by atoms with Gasteiger partial charge in [0.1, 0.15) is 11.6 Å². The highest BCUT2D eigenvalue weighted by molar-refractivity contribution is 9.10. The Kier molecular flexibility index (Phi) is 6.51. The van der Waals surface area contributed by atoms with Gasteiger partial charge in [-0.2, -0.15) is 9.61 Å². The lowest BCUT2D eigenvalue weighted by Crippen LogP contribution is -2.37. The Balaban J connectivity index is 1.99. The van der Waals surface area contributed by atoms with E-state index in [-0.39, 0.29) is 18.6 Å². The molecule has 2 aromatic rings. The maximum absolute atomic E-state index is 12.0. The summed E-state index contributed by atoms with van der Waals surface area (Å²) in [5.41, 5.74) is 0.515. The summed E-state index contributed by atoms with van der Waals surface area (Å²) in [4.78, 5) is 17.9. The van der Waals surface area contributed by atoms with Crippen molar-refractivity contribution in [3.05, 3.63) is 16.7 Å². The van der Waals surface area contributed by atoms with E-state index < -0.39 is 6.09 Å². The normalized spacial score (nSPS) is 16.4. The zero-order chi connectivity index (χ0) is 19.4. The van der Waals surface area contributed by atoms with Crippen molar-refractivity contribution in [3.8, 4) is 0 Å². The largest absolute Gasteiger partial charge is 0.465 e. The van der Waals surface area contributed by atoms with Gasteiger partial charge in [0.2, 0.25) is 0 Å². The second-order valence-corrected chi connectivity index (χ2v) is 7.46. The van der Waals surface area contributed by atoms with E-state index in [1.807, 2.05) is 6.92 Å². The number of aromatic nitrogens is 3. The predicted octanol–water partition coefficient (Wildman–Crippen LogP) is 2.59. The number of aliphatic hydroxyl groups excluding tert-OH is 1. The summed E-state index contributed by atoms with van der Waals surface area (Å²) >= 11 is 3.41. The quantitative estimate of drug-likeness (QED) is 0.604. The summed E-state index contributed by atoms with van der Waals surface area (Å²) in [6.07, 6.45) is 2.92. The van der Waals surface area contributed by atoms with Gasteiger partial charge in [-0.1, -0.05) is 6.92 Å². The number of amides is 1. The van der Waals surface area contributed by atoms with Gasteiger partial charge in [0.05, 0.1) is 23.3 Å². The van der Waals surface area contributed by atoms with Crippen LogP contribution in [0.3, 0.4) is 0 Å². The summed E-state index contributed by atoms with van der Waals surface area (Å²) < 4.78 is 7.56. The van der Waals surface area contributed by atoms with Crippen LogP contribution in [-0.4, -0.2) is 63.3 Å². The fraction of sp³-hybridized carbons (Fsp3) is 0.588. The van der Waals surface area contributed by atoms with E-state index >= 15 is 0 Å². The van der Waals surface area contributed by atoms with Crippen LogP contribution in [0.5, 0.6) is 0 Å². The number of fused-ring (bicyclic) bond motifs is 1. The smallest absolute Gasteiger partial charge is 0.413 e. The highest BCUT2D eigenvalue weighted by atomic mass is 79.9. The number of carboxylic acid groups (broad SMARTS) is 1. The molecule has 1 unspecified atom stereocenters. The lowest BCUT2D eigenvalue weighted by Gasteiger charge is -2.28. The molecule has 3 rings (SSSR count). The van der Waals surface area contributed by atoms with Crippen molar-refractivity contribution in [3.63, 3.8) is 0 Å². The highest BCUT2D eigenvalue weighted by Gasteiger charge is 2.26. The minimum atomic E-state index is -1.04. The molecule has 0 aliphatic carbocycles. The molecule has 1 aliphatic rings. The van der Waals surface area contributed by atoms with Crippen molar-refractivity contribution >= 4 is 39.3 Å². The zero-order valence-corrected chi connectivity index (χ0v) is 16.7. The fourth-order valence-electron chi connectivity index (χ4n) is 3.13. The number of hydrogen-bond acceptors (Lipinski definition) is 6. The molecule has 0 aromatic carbocycles. The number of hydrogen-bond donors (Lipinski definition) is 3. The Bertz CT molecular complexity index is 789. The first-order valence-corrected chi connectivity index (χ1v) is 9.82.